The maximum atomic E-state index is 5.16. The molecule has 1 aliphatic heterocycles. The molecule has 0 saturated carbocycles. The number of aryl methyl sites for hydroxylation is 1. The molecule has 0 radical (unpaired) electrons. The topological polar surface area (TPSA) is 51.0 Å². The lowest BCUT2D eigenvalue weighted by Crippen LogP contribution is -2.34. The molecule has 0 aliphatic carbocycles. The van der Waals surface area contributed by atoms with E-state index in [4.69, 9.17) is 4.52 Å². The molecule has 2 unspecified atom stereocenters. The average Bonchev–Trinajstić information content (AvgIpc) is 2.52. The normalized spacial score (nSPS) is 29.1. The van der Waals surface area contributed by atoms with E-state index >= 15 is 0 Å². The van der Waals surface area contributed by atoms with Crippen LogP contribution in [0.1, 0.15) is 37.4 Å². The zero-order valence-electron chi connectivity index (χ0n) is 8.08. The Hall–Kier alpha value is -0.900. The molecule has 2 heterocycles. The number of rotatable bonds is 1. The molecule has 4 nitrogen and oxygen atoms in total. The highest BCUT2D eigenvalue weighted by atomic mass is 16.5. The fourth-order valence-electron chi connectivity index (χ4n) is 1.84. The second-order valence-corrected chi connectivity index (χ2v) is 3.76. The van der Waals surface area contributed by atoms with Crippen LogP contribution in [-0.4, -0.2) is 22.7 Å². The second kappa shape index (κ2) is 3.46. The number of hydrogen-bond acceptors (Lipinski definition) is 4. The van der Waals surface area contributed by atoms with Crippen LogP contribution < -0.4 is 5.32 Å². The number of hydrogen-bond donors (Lipinski definition) is 1. The van der Waals surface area contributed by atoms with Gasteiger partial charge >= 0.3 is 0 Å². The van der Waals surface area contributed by atoms with Crippen LogP contribution in [0.5, 0.6) is 0 Å². The number of piperidine rings is 1. The van der Waals surface area contributed by atoms with E-state index in [1.54, 1.807) is 0 Å². The van der Waals surface area contributed by atoms with Crippen molar-refractivity contribution in [1.29, 1.82) is 0 Å². The Bertz CT molecular complexity index is 284. The van der Waals surface area contributed by atoms with Gasteiger partial charge in [-0.1, -0.05) is 5.16 Å². The number of nitrogens with zero attached hydrogens (tertiary/aromatic N) is 2. The summed E-state index contributed by atoms with van der Waals surface area (Å²) in [5, 5.41) is 7.21. The van der Waals surface area contributed by atoms with Crippen LogP contribution in [0.25, 0.3) is 0 Å². The van der Waals surface area contributed by atoms with E-state index in [1.165, 1.54) is 0 Å². The maximum absolute atomic E-state index is 5.16. The summed E-state index contributed by atoms with van der Waals surface area (Å²) in [4.78, 5) is 4.26. The molecule has 0 bridgehead atoms. The lowest BCUT2D eigenvalue weighted by molar-refractivity contribution is 0.294. The number of nitrogens with one attached hydrogen (secondary N) is 1. The summed E-state index contributed by atoms with van der Waals surface area (Å²) in [7, 11) is 0. The Morgan fingerprint density at radius 2 is 2.38 bits per heavy atom. The molecular weight excluding hydrogens is 166 g/mol. The Labute approximate surface area is 77.7 Å². The zero-order chi connectivity index (χ0) is 9.26. The van der Waals surface area contributed by atoms with Crippen LogP contribution in [0.2, 0.25) is 0 Å². The SMILES string of the molecule is Cc1noc(C2CCNC(C)C2)n1. The second-order valence-electron chi connectivity index (χ2n) is 3.76. The van der Waals surface area contributed by atoms with Crippen molar-refractivity contribution in [1.82, 2.24) is 15.5 Å². The third kappa shape index (κ3) is 1.88. The molecule has 13 heavy (non-hydrogen) atoms. The third-order valence-electron chi connectivity index (χ3n) is 2.52. The van der Waals surface area contributed by atoms with Gasteiger partial charge in [0, 0.05) is 12.0 Å². The van der Waals surface area contributed by atoms with Gasteiger partial charge in [0.2, 0.25) is 5.89 Å². The fraction of sp³-hybridized carbons (Fsp3) is 0.778. The summed E-state index contributed by atoms with van der Waals surface area (Å²) in [6.45, 7) is 5.10. The Balaban J connectivity index is 2.08. The predicted molar refractivity (Wildman–Crippen MR) is 48.5 cm³/mol. The summed E-state index contributed by atoms with van der Waals surface area (Å²) < 4.78 is 5.16. The maximum Gasteiger partial charge on any atom is 0.229 e. The van der Waals surface area contributed by atoms with Gasteiger partial charge in [0.05, 0.1) is 0 Å². The van der Waals surface area contributed by atoms with Crippen molar-refractivity contribution in [2.24, 2.45) is 0 Å². The van der Waals surface area contributed by atoms with Gasteiger partial charge in [0.1, 0.15) is 0 Å². The van der Waals surface area contributed by atoms with Gasteiger partial charge in [-0.15, -0.1) is 0 Å². The molecule has 1 aromatic rings. The molecular formula is C9H15N3O. The lowest BCUT2D eigenvalue weighted by atomic mass is 9.93. The molecule has 72 valence electrons. The first-order chi connectivity index (χ1) is 6.25. The van der Waals surface area contributed by atoms with Gasteiger partial charge in [-0.3, -0.25) is 0 Å². The van der Waals surface area contributed by atoms with Crippen molar-refractivity contribution in [2.75, 3.05) is 6.54 Å². The van der Waals surface area contributed by atoms with E-state index in [1.807, 2.05) is 6.92 Å². The van der Waals surface area contributed by atoms with E-state index in [9.17, 15) is 0 Å². The van der Waals surface area contributed by atoms with Gasteiger partial charge in [-0.05, 0) is 33.2 Å². The molecule has 0 amide bonds. The Morgan fingerprint density at radius 1 is 1.54 bits per heavy atom. The fourth-order valence-corrected chi connectivity index (χ4v) is 1.84. The smallest absolute Gasteiger partial charge is 0.229 e. The first-order valence-corrected chi connectivity index (χ1v) is 4.79. The highest BCUT2D eigenvalue weighted by Gasteiger charge is 2.24. The summed E-state index contributed by atoms with van der Waals surface area (Å²) in [5.74, 6) is 2.00. The molecule has 0 aromatic carbocycles. The molecule has 4 heteroatoms. The molecule has 1 saturated heterocycles. The van der Waals surface area contributed by atoms with E-state index in [0.717, 1.165) is 31.1 Å². The minimum absolute atomic E-state index is 0.456. The quantitative estimate of drug-likeness (QED) is 0.708. The zero-order valence-corrected chi connectivity index (χ0v) is 8.08. The molecule has 1 aliphatic rings. The minimum Gasteiger partial charge on any atom is -0.339 e. The van der Waals surface area contributed by atoms with Gasteiger partial charge < -0.3 is 9.84 Å². The highest BCUT2D eigenvalue weighted by Crippen LogP contribution is 2.25. The van der Waals surface area contributed by atoms with Gasteiger partial charge in [0.15, 0.2) is 5.82 Å². The molecule has 2 rings (SSSR count). The van der Waals surface area contributed by atoms with Gasteiger partial charge in [-0.2, -0.15) is 4.98 Å². The summed E-state index contributed by atoms with van der Waals surface area (Å²) in [5.41, 5.74) is 0. The molecule has 0 spiro atoms. The monoisotopic (exact) mass is 181 g/mol. The van der Waals surface area contributed by atoms with Crippen molar-refractivity contribution < 1.29 is 4.52 Å². The van der Waals surface area contributed by atoms with Gasteiger partial charge in [-0.25, -0.2) is 0 Å². The standard InChI is InChI=1S/C9H15N3O/c1-6-5-8(3-4-10-6)9-11-7(2)12-13-9/h6,8,10H,3-5H2,1-2H3. The largest absolute Gasteiger partial charge is 0.339 e. The van der Waals surface area contributed by atoms with Crippen molar-refractivity contribution >= 4 is 0 Å². The minimum atomic E-state index is 0.456. The van der Waals surface area contributed by atoms with Crippen molar-refractivity contribution in [3.05, 3.63) is 11.7 Å². The van der Waals surface area contributed by atoms with Crippen molar-refractivity contribution in [2.45, 2.75) is 38.6 Å². The van der Waals surface area contributed by atoms with E-state index < -0.39 is 0 Å². The first-order valence-electron chi connectivity index (χ1n) is 4.79. The Morgan fingerprint density at radius 3 is 3.00 bits per heavy atom. The molecule has 2 atom stereocenters. The van der Waals surface area contributed by atoms with E-state index in [0.29, 0.717) is 12.0 Å². The number of aromatic nitrogens is 2. The van der Waals surface area contributed by atoms with Crippen LogP contribution in [-0.2, 0) is 0 Å². The molecule has 1 fully saturated rings. The first kappa shape index (κ1) is 8.69. The summed E-state index contributed by atoms with van der Waals surface area (Å²) in [6.07, 6.45) is 2.20. The van der Waals surface area contributed by atoms with Crippen LogP contribution in [0.15, 0.2) is 4.52 Å². The van der Waals surface area contributed by atoms with Crippen molar-refractivity contribution in [3.63, 3.8) is 0 Å². The highest BCUT2D eigenvalue weighted by molar-refractivity contribution is 4.96. The molecule has 1 N–H and O–H groups in total. The Kier molecular flexibility index (Phi) is 2.31. The lowest BCUT2D eigenvalue weighted by Gasteiger charge is -2.25. The van der Waals surface area contributed by atoms with Crippen LogP contribution in [0.4, 0.5) is 0 Å². The van der Waals surface area contributed by atoms with Crippen molar-refractivity contribution in [3.8, 4) is 0 Å². The van der Waals surface area contributed by atoms with Crippen LogP contribution >= 0.6 is 0 Å². The molecule has 1 aromatic heterocycles. The van der Waals surface area contributed by atoms with Gasteiger partial charge in [0.25, 0.3) is 0 Å². The van der Waals surface area contributed by atoms with Crippen LogP contribution in [0, 0.1) is 6.92 Å². The summed E-state index contributed by atoms with van der Waals surface area (Å²) >= 11 is 0. The third-order valence-corrected chi connectivity index (χ3v) is 2.52. The van der Waals surface area contributed by atoms with E-state index in [-0.39, 0.29) is 0 Å². The summed E-state index contributed by atoms with van der Waals surface area (Å²) in [6, 6.07) is 0.561. The van der Waals surface area contributed by atoms with E-state index in [2.05, 4.69) is 22.4 Å². The average molecular weight is 181 g/mol. The van der Waals surface area contributed by atoms with Crippen LogP contribution in [0.3, 0.4) is 0 Å². The predicted octanol–water partition coefficient (Wildman–Crippen LogP) is 1.23.